The number of phenolic OH excluding ortho intramolecular Hbond substituents is 1. The summed E-state index contributed by atoms with van der Waals surface area (Å²) < 4.78 is 10.0. The van der Waals surface area contributed by atoms with Gasteiger partial charge in [-0.3, -0.25) is 4.79 Å². The fourth-order valence-corrected chi connectivity index (χ4v) is 1.75. The van der Waals surface area contributed by atoms with Gasteiger partial charge in [-0.15, -0.1) is 0 Å². The third-order valence-corrected chi connectivity index (χ3v) is 2.80. The number of amides is 1. The van der Waals surface area contributed by atoms with Gasteiger partial charge < -0.3 is 19.9 Å². The maximum atomic E-state index is 11.7. The van der Waals surface area contributed by atoms with E-state index in [9.17, 15) is 14.7 Å². The molecule has 0 aliphatic heterocycles. The third kappa shape index (κ3) is 4.13. The molecule has 0 unspecified atom stereocenters. The van der Waals surface area contributed by atoms with E-state index >= 15 is 0 Å². The molecule has 6 nitrogen and oxygen atoms in total. The van der Waals surface area contributed by atoms with Crippen LogP contribution in [-0.2, 0) is 9.53 Å². The molecule has 0 saturated heterocycles. The Bertz CT molecular complexity index is 489. The molecule has 1 aromatic carbocycles. The molecule has 0 aliphatic carbocycles. The van der Waals surface area contributed by atoms with Crippen molar-refractivity contribution >= 4 is 27.8 Å². The highest BCUT2D eigenvalue weighted by atomic mass is 79.9. The minimum Gasteiger partial charge on any atom is -0.503 e. The topological polar surface area (TPSA) is 84.9 Å². The number of esters is 1. The Hall–Kier alpha value is -1.76. The Balaban J connectivity index is 2.77. The van der Waals surface area contributed by atoms with Crippen LogP contribution in [0.3, 0.4) is 0 Å². The summed E-state index contributed by atoms with van der Waals surface area (Å²) in [5.41, 5.74) is 0.172. The number of likely N-dealkylation sites (N-methyl/N-ethyl adjacent to an activating group) is 1. The number of ether oxygens (including phenoxy) is 2. The molecule has 1 amide bonds. The summed E-state index contributed by atoms with van der Waals surface area (Å²) >= 11 is 3.09. The van der Waals surface area contributed by atoms with Crippen LogP contribution < -0.4 is 10.1 Å². The lowest BCUT2D eigenvalue weighted by Crippen LogP contribution is -2.28. The minimum absolute atomic E-state index is 0.109. The van der Waals surface area contributed by atoms with Gasteiger partial charge in [-0.05, 0) is 35.0 Å². The van der Waals surface area contributed by atoms with Crippen molar-refractivity contribution in [2.24, 2.45) is 0 Å². The van der Waals surface area contributed by atoms with Crippen LogP contribution in [0.1, 0.15) is 17.3 Å². The number of carbonyl (C=O) groups excluding carboxylic acids is 2. The first-order valence-electron chi connectivity index (χ1n) is 5.49. The summed E-state index contributed by atoms with van der Waals surface area (Å²) in [5, 5.41) is 12.1. The van der Waals surface area contributed by atoms with Gasteiger partial charge >= 0.3 is 5.97 Å². The molecule has 104 valence electrons. The van der Waals surface area contributed by atoms with E-state index in [0.29, 0.717) is 11.0 Å². The van der Waals surface area contributed by atoms with Crippen molar-refractivity contribution in [2.75, 3.05) is 20.3 Å². The first-order valence-corrected chi connectivity index (χ1v) is 6.29. The van der Waals surface area contributed by atoms with Crippen molar-refractivity contribution in [1.29, 1.82) is 0 Å². The van der Waals surface area contributed by atoms with E-state index in [1.807, 2.05) is 0 Å². The quantitative estimate of drug-likeness (QED) is 0.798. The fourth-order valence-electron chi connectivity index (χ4n) is 1.31. The smallest absolute Gasteiger partial charge is 0.338 e. The van der Waals surface area contributed by atoms with E-state index in [2.05, 4.69) is 21.2 Å². The van der Waals surface area contributed by atoms with E-state index in [-0.39, 0.29) is 29.6 Å². The van der Waals surface area contributed by atoms with E-state index in [0.717, 1.165) is 0 Å². The number of halogens is 1. The van der Waals surface area contributed by atoms with E-state index < -0.39 is 5.97 Å². The zero-order valence-electron chi connectivity index (χ0n) is 10.5. The molecule has 0 saturated carbocycles. The molecule has 0 aromatic heterocycles. The highest BCUT2D eigenvalue weighted by Gasteiger charge is 2.15. The minimum atomic E-state index is -0.676. The lowest BCUT2D eigenvalue weighted by atomic mass is 10.2. The molecule has 1 aromatic rings. The second-order valence-electron chi connectivity index (χ2n) is 3.54. The van der Waals surface area contributed by atoms with Gasteiger partial charge in [0.05, 0.1) is 17.1 Å². The summed E-state index contributed by atoms with van der Waals surface area (Å²) in [6.07, 6.45) is 0. The summed E-state index contributed by atoms with van der Waals surface area (Å²) in [7, 11) is 1.37. The number of phenols is 1. The van der Waals surface area contributed by atoms with E-state index in [1.165, 1.54) is 19.2 Å². The molecule has 2 N–H and O–H groups in total. The van der Waals surface area contributed by atoms with Crippen molar-refractivity contribution in [1.82, 2.24) is 5.32 Å². The summed E-state index contributed by atoms with van der Waals surface area (Å²) in [4.78, 5) is 22.9. The number of hydrogen-bond acceptors (Lipinski definition) is 5. The molecule has 0 bridgehead atoms. The Morgan fingerprint density at radius 3 is 2.68 bits per heavy atom. The Kier molecular flexibility index (Phi) is 5.62. The molecule has 0 heterocycles. The molecule has 7 heteroatoms. The summed E-state index contributed by atoms with van der Waals surface area (Å²) in [6.45, 7) is 1.88. The standard InChI is InChI=1S/C12H14BrNO5/c1-3-14-10(15)6-19-12(17)7-4-8(13)11(16)9(5-7)18-2/h4-5,16H,3,6H2,1-2H3,(H,14,15). The second kappa shape index (κ2) is 6.98. The second-order valence-corrected chi connectivity index (χ2v) is 4.39. The van der Waals surface area contributed by atoms with Gasteiger partial charge in [0.25, 0.3) is 5.91 Å². The van der Waals surface area contributed by atoms with E-state index in [4.69, 9.17) is 9.47 Å². The first kappa shape index (κ1) is 15.3. The largest absolute Gasteiger partial charge is 0.503 e. The lowest BCUT2D eigenvalue weighted by Gasteiger charge is -2.09. The van der Waals surface area contributed by atoms with Crippen molar-refractivity contribution in [3.05, 3.63) is 22.2 Å². The van der Waals surface area contributed by atoms with Crippen LogP contribution in [0.2, 0.25) is 0 Å². The normalized spacial score (nSPS) is 9.84. The van der Waals surface area contributed by atoms with Gasteiger partial charge in [0, 0.05) is 6.54 Å². The molecule has 0 aliphatic rings. The van der Waals surface area contributed by atoms with Gasteiger partial charge in [0.15, 0.2) is 18.1 Å². The van der Waals surface area contributed by atoms with Gasteiger partial charge in [0.2, 0.25) is 0 Å². The van der Waals surface area contributed by atoms with Gasteiger partial charge in [0.1, 0.15) is 0 Å². The molecular weight excluding hydrogens is 318 g/mol. The van der Waals surface area contributed by atoms with Gasteiger partial charge in [-0.1, -0.05) is 0 Å². The Morgan fingerprint density at radius 2 is 2.11 bits per heavy atom. The van der Waals surface area contributed by atoms with Crippen LogP contribution in [0.5, 0.6) is 11.5 Å². The lowest BCUT2D eigenvalue weighted by molar-refractivity contribution is -0.124. The molecule has 0 fully saturated rings. The number of nitrogens with one attached hydrogen (secondary N) is 1. The average molecular weight is 332 g/mol. The first-order chi connectivity index (χ1) is 8.99. The third-order valence-electron chi connectivity index (χ3n) is 2.19. The van der Waals surface area contributed by atoms with Crippen molar-refractivity contribution in [2.45, 2.75) is 6.92 Å². The molecule has 0 atom stereocenters. The van der Waals surface area contributed by atoms with Crippen LogP contribution in [-0.4, -0.2) is 37.2 Å². The number of benzene rings is 1. The van der Waals surface area contributed by atoms with Gasteiger partial charge in [-0.2, -0.15) is 0 Å². The predicted octanol–water partition coefficient (Wildman–Crippen LogP) is 1.46. The SMILES string of the molecule is CCNC(=O)COC(=O)c1cc(Br)c(O)c(OC)c1. The predicted molar refractivity (Wildman–Crippen MR) is 71.3 cm³/mol. The number of aromatic hydroxyl groups is 1. The number of carbonyl (C=O) groups is 2. The van der Waals surface area contributed by atoms with Crippen LogP contribution in [0.15, 0.2) is 16.6 Å². The Morgan fingerprint density at radius 1 is 1.42 bits per heavy atom. The summed E-state index contributed by atoms with van der Waals surface area (Å²) in [6, 6.07) is 2.72. The number of rotatable bonds is 5. The van der Waals surface area contributed by atoms with Crippen molar-refractivity contribution in [3.8, 4) is 11.5 Å². The number of methoxy groups -OCH3 is 1. The van der Waals surface area contributed by atoms with Crippen molar-refractivity contribution < 1.29 is 24.2 Å². The summed E-state index contributed by atoms with van der Waals surface area (Å²) in [5.74, 6) is -1.02. The monoisotopic (exact) mass is 331 g/mol. The zero-order valence-corrected chi connectivity index (χ0v) is 12.1. The van der Waals surface area contributed by atoms with Crippen molar-refractivity contribution in [3.63, 3.8) is 0 Å². The molecule has 0 spiro atoms. The van der Waals surface area contributed by atoms with E-state index in [1.54, 1.807) is 6.92 Å². The maximum Gasteiger partial charge on any atom is 0.338 e. The van der Waals surface area contributed by atoms with Crippen LogP contribution in [0, 0.1) is 0 Å². The zero-order chi connectivity index (χ0) is 14.4. The van der Waals surface area contributed by atoms with Crippen LogP contribution in [0.25, 0.3) is 0 Å². The molecule has 1 rings (SSSR count). The maximum absolute atomic E-state index is 11.7. The van der Waals surface area contributed by atoms with Crippen LogP contribution >= 0.6 is 15.9 Å². The number of hydrogen-bond donors (Lipinski definition) is 2. The Labute approximate surface area is 118 Å². The fraction of sp³-hybridized carbons (Fsp3) is 0.333. The molecule has 19 heavy (non-hydrogen) atoms. The average Bonchev–Trinajstić information content (AvgIpc) is 2.39. The van der Waals surface area contributed by atoms with Gasteiger partial charge in [-0.25, -0.2) is 4.79 Å². The van der Waals surface area contributed by atoms with Crippen LogP contribution in [0.4, 0.5) is 0 Å². The highest BCUT2D eigenvalue weighted by molar-refractivity contribution is 9.10. The highest BCUT2D eigenvalue weighted by Crippen LogP contribution is 2.35. The molecule has 0 radical (unpaired) electrons. The molecular formula is C12H14BrNO5.